The predicted molar refractivity (Wildman–Crippen MR) is 61.1 cm³/mol. The van der Waals surface area contributed by atoms with E-state index in [2.05, 4.69) is 13.3 Å². The molecule has 0 amide bonds. The average molecular weight is 399 g/mol. The molecule has 2 nitrogen and oxygen atoms in total. The molecule has 1 saturated carbocycles. The largest absolute Gasteiger partial charge is 0 e. The van der Waals surface area contributed by atoms with Crippen LogP contribution in [0.5, 0.6) is 0 Å². The molecule has 2 rings (SSSR count). The van der Waals surface area contributed by atoms with E-state index in [0.717, 1.165) is 6.07 Å². The number of hydrogen-bond acceptors (Lipinski definition) is 0. The smallest absolute Gasteiger partial charge is 0 e. The molecule has 1 aliphatic rings. The number of benzene rings is 1. The summed E-state index contributed by atoms with van der Waals surface area (Å²) in [5, 5.41) is 0. The van der Waals surface area contributed by atoms with Crippen LogP contribution < -0.4 is 0 Å². The van der Waals surface area contributed by atoms with Crippen LogP contribution in [0, 0.1) is 42.6 Å². The predicted octanol–water partition coefficient (Wildman–Crippen LogP) is 4.93. The van der Waals surface area contributed by atoms with Gasteiger partial charge in [0.05, 0.1) is 11.6 Å². The number of rotatable bonds is 0. The third-order valence-corrected chi connectivity index (χ3v) is 2.58. The third kappa shape index (κ3) is 9.13. The normalized spacial score (nSPS) is 12.1. The summed E-state index contributed by atoms with van der Waals surface area (Å²) in [6.45, 7) is 9.00. The van der Waals surface area contributed by atoms with Crippen molar-refractivity contribution in [2.24, 2.45) is 0 Å². The molecule has 0 atom stereocenters. The van der Waals surface area contributed by atoms with Gasteiger partial charge in [0.2, 0.25) is 0 Å². The molecule has 0 saturated heterocycles. The Kier molecular flexibility index (Phi) is 16.2. The molecule has 10 heteroatoms. The maximum absolute atomic E-state index is 12.4. The summed E-state index contributed by atoms with van der Waals surface area (Å²) in [5.41, 5.74) is -2.59. The van der Waals surface area contributed by atoms with Crippen molar-refractivity contribution < 1.29 is 57.1 Å². The fourth-order valence-corrected chi connectivity index (χ4v) is 1.65. The molecule has 0 spiro atoms. The Morgan fingerprint density at radius 2 is 0.958 bits per heavy atom. The van der Waals surface area contributed by atoms with Crippen molar-refractivity contribution in [1.29, 1.82) is 0 Å². The molecule has 1 fully saturated rings. The van der Waals surface area contributed by atoms with E-state index in [1.807, 2.05) is 0 Å². The van der Waals surface area contributed by atoms with Crippen molar-refractivity contribution in [2.45, 2.75) is 38.3 Å². The minimum absolute atomic E-state index is 0. The quantitative estimate of drug-likeness (QED) is 0.195. The summed E-state index contributed by atoms with van der Waals surface area (Å²) in [6, 6.07) is 0.836. The summed E-state index contributed by atoms with van der Waals surface area (Å²) in [5.74, 6) is -9.43. The molecule has 0 aromatic heterocycles. The fraction of sp³-hybridized carbons (Fsp3) is 0.429. The number of alkyl halides is 3. The Hall–Kier alpha value is -1.27. The van der Waals surface area contributed by atoms with Gasteiger partial charge < -0.3 is 0 Å². The van der Waals surface area contributed by atoms with Crippen LogP contribution in [-0.2, 0) is 32.5 Å². The first kappa shape index (κ1) is 27.6. The number of halogens is 7. The zero-order chi connectivity index (χ0) is 18.6. The second kappa shape index (κ2) is 14.1. The van der Waals surface area contributed by atoms with Crippen LogP contribution in [0.3, 0.4) is 0 Å². The minimum atomic E-state index is -5.50. The fourth-order valence-electron chi connectivity index (χ4n) is 1.65. The molecule has 0 heterocycles. The minimum Gasteiger partial charge on any atom is 0 e. The monoisotopic (exact) mass is 399 g/mol. The van der Waals surface area contributed by atoms with E-state index in [9.17, 15) is 30.7 Å². The third-order valence-electron chi connectivity index (χ3n) is 2.58. The molecule has 24 heavy (non-hydrogen) atoms. The number of hydrogen-bond donors (Lipinski definition) is 0. The SMILES string of the molecule is C1CCCC1.Fc1[c-]c(F)c(F)c(C(F)(F)F)c1F.[C-]#[O+].[C-]#[O+].[Fe]. The van der Waals surface area contributed by atoms with E-state index in [1.165, 1.54) is 32.1 Å². The van der Waals surface area contributed by atoms with Crippen molar-refractivity contribution in [2.75, 3.05) is 0 Å². The maximum Gasteiger partial charge on any atom is 0 e. The van der Waals surface area contributed by atoms with E-state index in [4.69, 9.17) is 9.30 Å². The van der Waals surface area contributed by atoms with E-state index < -0.39 is 35.0 Å². The first-order valence-electron chi connectivity index (χ1n) is 5.98. The van der Waals surface area contributed by atoms with Crippen LogP contribution in [0.1, 0.15) is 37.7 Å². The summed E-state index contributed by atoms with van der Waals surface area (Å²) in [7, 11) is 0. The summed E-state index contributed by atoms with van der Waals surface area (Å²) >= 11 is 0. The molecule has 0 unspecified atom stereocenters. The Balaban J connectivity index is -0.000000368. The van der Waals surface area contributed by atoms with Gasteiger partial charge in [-0.05, 0) is 0 Å². The van der Waals surface area contributed by atoms with Crippen LogP contribution in [0.2, 0.25) is 0 Å². The Bertz CT molecular complexity index is 483. The van der Waals surface area contributed by atoms with Gasteiger partial charge in [-0.25, -0.2) is 8.78 Å². The van der Waals surface area contributed by atoms with Gasteiger partial charge in [0.25, 0.3) is 0 Å². The van der Waals surface area contributed by atoms with Crippen molar-refractivity contribution in [1.82, 2.24) is 0 Å². The topological polar surface area (TPSA) is 39.8 Å². The van der Waals surface area contributed by atoms with E-state index in [-0.39, 0.29) is 17.1 Å². The van der Waals surface area contributed by atoms with Crippen LogP contribution >= 0.6 is 0 Å². The van der Waals surface area contributed by atoms with Crippen LogP contribution in [0.4, 0.5) is 30.7 Å². The van der Waals surface area contributed by atoms with Crippen molar-refractivity contribution >= 4 is 0 Å². The Morgan fingerprint density at radius 3 is 1.17 bits per heavy atom. The summed E-state index contributed by atoms with van der Waals surface area (Å²) in [4.78, 5) is 0. The molecule has 1 aliphatic carbocycles. The molecule has 0 N–H and O–H groups in total. The first-order chi connectivity index (χ1) is 10.7. The van der Waals surface area contributed by atoms with E-state index >= 15 is 0 Å². The Morgan fingerprint density at radius 1 is 0.708 bits per heavy atom. The van der Waals surface area contributed by atoms with E-state index in [1.54, 1.807) is 0 Å². The molecule has 136 valence electrons. The van der Waals surface area contributed by atoms with Crippen LogP contribution in [-0.4, -0.2) is 0 Å². The second-order valence-electron chi connectivity index (χ2n) is 4.02. The summed E-state index contributed by atoms with van der Waals surface area (Å²) in [6.07, 6.45) is 2.00. The average Bonchev–Trinajstić information content (AvgIpc) is 3.08. The zero-order valence-electron chi connectivity index (χ0n) is 11.9. The standard InChI is InChI=1S/C7F7.C5H10.2CO.Fe/c8-2-1-3(9)6(11)4(5(2)10)7(12,13)14;1-2-4-5-3-1;2*1-2;/h;1-5H2;;;/q-1;;;;. The van der Waals surface area contributed by atoms with Gasteiger partial charge in [-0.2, -0.15) is 13.2 Å². The molecule has 0 bridgehead atoms. The van der Waals surface area contributed by atoms with Gasteiger partial charge in [-0.15, -0.1) is 6.07 Å². The molecule has 0 radical (unpaired) electrons. The first-order valence-corrected chi connectivity index (χ1v) is 5.98. The van der Waals surface area contributed by atoms with Gasteiger partial charge in [0.15, 0.2) is 0 Å². The van der Waals surface area contributed by atoms with Crippen LogP contribution in [0.15, 0.2) is 0 Å². The van der Waals surface area contributed by atoms with Crippen molar-refractivity contribution in [3.8, 4) is 0 Å². The molecule has 1 aromatic carbocycles. The van der Waals surface area contributed by atoms with E-state index in [0.29, 0.717) is 0 Å². The zero-order valence-corrected chi connectivity index (χ0v) is 13.0. The molecular weight excluding hydrogens is 389 g/mol. The maximum atomic E-state index is 12.4. The van der Waals surface area contributed by atoms with Gasteiger partial charge in [0, 0.05) is 34.3 Å². The molecule has 1 aromatic rings. The summed E-state index contributed by atoms with van der Waals surface area (Å²) < 4.78 is 99.8. The molecule has 0 aliphatic heterocycles. The van der Waals surface area contributed by atoms with Crippen LogP contribution in [0.25, 0.3) is 0 Å². The van der Waals surface area contributed by atoms with Gasteiger partial charge in [-0.3, -0.25) is 8.78 Å². The molecular formula is C14H10F7FeO2-. The van der Waals surface area contributed by atoms with Gasteiger partial charge in [0.1, 0.15) is 0 Å². The van der Waals surface area contributed by atoms with Gasteiger partial charge >= 0.3 is 28.8 Å². The second-order valence-corrected chi connectivity index (χ2v) is 4.02. The van der Waals surface area contributed by atoms with Crippen molar-refractivity contribution in [3.05, 3.63) is 48.2 Å². The van der Waals surface area contributed by atoms with Crippen molar-refractivity contribution in [3.63, 3.8) is 0 Å². The Labute approximate surface area is 144 Å². The van der Waals surface area contributed by atoms with Gasteiger partial charge in [-0.1, -0.05) is 32.1 Å².